The first-order chi connectivity index (χ1) is 25.3. The molecule has 0 aromatic heterocycles. The number of hydrogen-bond donors (Lipinski definition) is 1. The molecule has 5 atom stereocenters. The van der Waals surface area contributed by atoms with Gasteiger partial charge in [0, 0.05) is 32.2 Å². The molecule has 1 N–H and O–H groups in total. The third-order valence-electron chi connectivity index (χ3n) is 6.80. The summed E-state index contributed by atoms with van der Waals surface area (Å²) in [6.45, 7) is 4.85. The van der Waals surface area contributed by atoms with Crippen molar-refractivity contribution in [3.05, 3.63) is 64.0 Å². The molecular formula is C33H38N4O16. The van der Waals surface area contributed by atoms with Gasteiger partial charge in [0.1, 0.15) is 24.7 Å². The fraction of sp³-hybridized carbons (Fsp3) is 0.455. The molecule has 286 valence electrons. The largest absolute Gasteiger partial charge is 0.514 e. The Morgan fingerprint density at radius 1 is 0.849 bits per heavy atom. The highest BCUT2D eigenvalue weighted by Crippen LogP contribution is 2.32. The van der Waals surface area contributed by atoms with E-state index in [4.69, 9.17) is 52.9 Å². The van der Waals surface area contributed by atoms with Crippen molar-refractivity contribution < 1.29 is 76.1 Å². The molecule has 20 heteroatoms. The zero-order valence-electron chi connectivity index (χ0n) is 29.3. The zero-order valence-corrected chi connectivity index (χ0v) is 29.3. The van der Waals surface area contributed by atoms with Crippen LogP contribution in [-0.4, -0.2) is 100 Å². The average molecular weight is 747 g/mol. The van der Waals surface area contributed by atoms with Crippen LogP contribution in [0.4, 0.5) is 15.3 Å². The lowest BCUT2D eigenvalue weighted by Crippen LogP contribution is -2.64. The van der Waals surface area contributed by atoms with Crippen molar-refractivity contribution in [2.24, 2.45) is 5.11 Å². The third kappa shape index (κ3) is 13.5. The summed E-state index contributed by atoms with van der Waals surface area (Å²) < 4.78 is 53.0. The van der Waals surface area contributed by atoms with Crippen LogP contribution >= 0.6 is 0 Å². The molecule has 0 radical (unpaired) electrons. The molecule has 1 unspecified atom stereocenters. The van der Waals surface area contributed by atoms with Crippen molar-refractivity contribution in [3.63, 3.8) is 0 Å². The smallest absolute Gasteiger partial charge is 0.489 e. The summed E-state index contributed by atoms with van der Waals surface area (Å²) in [6.07, 6.45) is -11.0. The molecule has 1 aliphatic heterocycles. The van der Waals surface area contributed by atoms with Crippen molar-refractivity contribution in [3.8, 4) is 11.5 Å². The van der Waals surface area contributed by atoms with Gasteiger partial charge in [-0.15, -0.1) is 0 Å². The number of aryl methyl sites for hydroxylation is 1. The van der Waals surface area contributed by atoms with Gasteiger partial charge in [0.15, 0.2) is 18.3 Å². The lowest BCUT2D eigenvalue weighted by Gasteiger charge is -2.42. The van der Waals surface area contributed by atoms with Gasteiger partial charge >= 0.3 is 36.1 Å². The number of nitrogens with zero attached hydrogens (tertiary/aromatic N) is 3. The van der Waals surface area contributed by atoms with Crippen molar-refractivity contribution in [2.45, 2.75) is 65.0 Å². The number of anilines is 1. The van der Waals surface area contributed by atoms with Gasteiger partial charge in [-0.05, 0) is 42.3 Å². The van der Waals surface area contributed by atoms with Gasteiger partial charge in [-0.3, -0.25) is 19.7 Å². The minimum Gasteiger partial charge on any atom is -0.489 e. The number of amides is 1. The number of carbonyl (C=O) groups is 6. The molecule has 53 heavy (non-hydrogen) atoms. The molecule has 1 heterocycles. The number of azide groups is 1. The van der Waals surface area contributed by atoms with E-state index in [1.807, 2.05) is 6.92 Å². The van der Waals surface area contributed by atoms with Gasteiger partial charge < -0.3 is 47.4 Å². The van der Waals surface area contributed by atoms with Crippen LogP contribution in [0.3, 0.4) is 0 Å². The monoisotopic (exact) mass is 746 g/mol. The van der Waals surface area contributed by atoms with Gasteiger partial charge in [0.05, 0.1) is 26.0 Å². The van der Waals surface area contributed by atoms with Gasteiger partial charge in [0.2, 0.25) is 12.4 Å². The molecule has 0 spiro atoms. The van der Waals surface area contributed by atoms with Crippen molar-refractivity contribution in [2.75, 3.05) is 38.8 Å². The Labute approximate surface area is 302 Å². The first-order valence-corrected chi connectivity index (χ1v) is 15.8. The molecule has 2 aromatic rings. The van der Waals surface area contributed by atoms with Gasteiger partial charge in [-0.25, -0.2) is 14.4 Å². The Bertz CT molecular complexity index is 1660. The number of rotatable bonds is 16. The molecule has 20 nitrogen and oxygen atoms in total. The van der Waals surface area contributed by atoms with E-state index in [1.165, 1.54) is 18.2 Å². The predicted molar refractivity (Wildman–Crippen MR) is 176 cm³/mol. The van der Waals surface area contributed by atoms with Crippen molar-refractivity contribution in [1.82, 2.24) is 0 Å². The summed E-state index contributed by atoms with van der Waals surface area (Å²) in [7, 11) is 1.01. The summed E-state index contributed by atoms with van der Waals surface area (Å²) in [5.41, 5.74) is 9.81. The van der Waals surface area contributed by atoms with Crippen LogP contribution in [-0.2, 0) is 63.7 Å². The maximum absolute atomic E-state index is 13.3. The standard InChI is InChI=1S/C33H38N4O16/c1-18-6-9-23(10-7-18)51-33(43)47-17-22-8-11-24(25(16-22)46-15-14-45-13-12-35-37-34)36-32(42)53-31-29(50-21(4)40)27(49-20(3)39)26(48-19(2)38)28(52-31)30(41)44-5/h6-11,16,26-29,31H,12-15,17H2,1-5H3,(H,36,42)/t26-,27-,28-,29+,31?/m0/s1. The summed E-state index contributed by atoms with van der Waals surface area (Å²) in [4.78, 5) is 77.0. The Hall–Kier alpha value is -6.11. The maximum Gasteiger partial charge on any atom is 0.514 e. The second-order valence-electron chi connectivity index (χ2n) is 10.9. The molecule has 0 saturated carbocycles. The van der Waals surface area contributed by atoms with Gasteiger partial charge in [-0.2, -0.15) is 0 Å². The highest BCUT2D eigenvalue weighted by molar-refractivity contribution is 5.87. The molecule has 2 aromatic carbocycles. The Kier molecular flexibility index (Phi) is 16.1. The number of carbonyl (C=O) groups excluding carboxylic acids is 6. The van der Waals surface area contributed by atoms with Crippen LogP contribution in [0.15, 0.2) is 47.6 Å². The van der Waals surface area contributed by atoms with E-state index < -0.39 is 66.8 Å². The second-order valence-corrected chi connectivity index (χ2v) is 10.9. The number of esters is 4. The van der Waals surface area contributed by atoms with E-state index >= 15 is 0 Å². The van der Waals surface area contributed by atoms with Crippen LogP contribution in [0.25, 0.3) is 10.4 Å². The van der Waals surface area contributed by atoms with Gasteiger partial charge in [-0.1, -0.05) is 28.9 Å². The number of hydrogen-bond acceptors (Lipinski definition) is 17. The molecular weight excluding hydrogens is 708 g/mol. The third-order valence-corrected chi connectivity index (χ3v) is 6.80. The second kappa shape index (κ2) is 20.7. The normalized spacial score (nSPS) is 18.9. The highest BCUT2D eigenvalue weighted by atomic mass is 16.8. The summed E-state index contributed by atoms with van der Waals surface area (Å²) in [5, 5.41) is 5.81. The fourth-order valence-corrected chi connectivity index (χ4v) is 4.64. The number of methoxy groups -OCH3 is 1. The quantitative estimate of drug-likeness (QED) is 0.0489. The highest BCUT2D eigenvalue weighted by Gasteiger charge is 2.56. The molecule has 0 bridgehead atoms. The summed E-state index contributed by atoms with van der Waals surface area (Å²) >= 11 is 0. The Morgan fingerprint density at radius 3 is 2.15 bits per heavy atom. The van der Waals surface area contributed by atoms with E-state index in [0.29, 0.717) is 5.56 Å². The minimum absolute atomic E-state index is 0.0220. The average Bonchev–Trinajstić information content (AvgIpc) is 3.10. The SMILES string of the molecule is COC(=O)[C@H]1OC(OC(=O)Nc2ccc(COC(=O)Oc3ccc(C)cc3)cc2OCCOCCN=[N+]=[N-])[C@H](OC(C)=O)[C@@H](OC(C)=O)[C@@H]1OC(C)=O. The molecule has 1 aliphatic rings. The minimum atomic E-state index is -1.92. The first kappa shape index (κ1) is 41.3. The van der Waals surface area contributed by atoms with Gasteiger partial charge in [0.25, 0.3) is 0 Å². The lowest BCUT2D eigenvalue weighted by atomic mass is 9.97. The number of ether oxygens (including phenoxy) is 10. The molecule has 3 rings (SSSR count). The molecule has 1 saturated heterocycles. The maximum atomic E-state index is 13.3. The fourth-order valence-electron chi connectivity index (χ4n) is 4.64. The van der Waals surface area contributed by atoms with Crippen LogP contribution < -0.4 is 14.8 Å². The number of nitrogens with one attached hydrogen (secondary N) is 1. The molecule has 1 fully saturated rings. The van der Waals surface area contributed by atoms with E-state index in [9.17, 15) is 28.8 Å². The summed E-state index contributed by atoms with van der Waals surface area (Å²) in [6, 6.07) is 11.1. The Morgan fingerprint density at radius 2 is 1.51 bits per heavy atom. The molecule has 1 amide bonds. The lowest BCUT2D eigenvalue weighted by molar-refractivity contribution is -0.287. The van der Waals surface area contributed by atoms with E-state index in [2.05, 4.69) is 15.3 Å². The zero-order chi connectivity index (χ0) is 38.9. The summed E-state index contributed by atoms with van der Waals surface area (Å²) in [5.74, 6) is -3.53. The van der Waals surface area contributed by atoms with Crippen LogP contribution in [0.5, 0.6) is 11.5 Å². The van der Waals surface area contributed by atoms with Crippen LogP contribution in [0.2, 0.25) is 0 Å². The predicted octanol–water partition coefficient (Wildman–Crippen LogP) is 3.66. The van der Waals surface area contributed by atoms with E-state index in [0.717, 1.165) is 33.4 Å². The van der Waals surface area contributed by atoms with Crippen LogP contribution in [0.1, 0.15) is 31.9 Å². The van der Waals surface area contributed by atoms with E-state index in [-0.39, 0.29) is 50.2 Å². The first-order valence-electron chi connectivity index (χ1n) is 15.8. The van der Waals surface area contributed by atoms with E-state index in [1.54, 1.807) is 24.3 Å². The van der Waals surface area contributed by atoms with Crippen molar-refractivity contribution >= 4 is 41.8 Å². The van der Waals surface area contributed by atoms with Crippen LogP contribution in [0, 0.1) is 6.92 Å². The Balaban J connectivity index is 1.82. The topological polar surface area (TPSA) is 256 Å². The van der Waals surface area contributed by atoms with Crippen molar-refractivity contribution in [1.29, 1.82) is 0 Å². The number of benzene rings is 2. The molecule has 0 aliphatic carbocycles.